The van der Waals surface area contributed by atoms with Crippen molar-refractivity contribution >= 4 is 17.6 Å². The molecule has 1 fully saturated rings. The molecule has 1 aliphatic heterocycles. The van der Waals surface area contributed by atoms with E-state index < -0.39 is 18.0 Å². The van der Waals surface area contributed by atoms with E-state index in [4.69, 9.17) is 0 Å². The van der Waals surface area contributed by atoms with E-state index in [1.54, 1.807) is 6.92 Å². The molecule has 3 unspecified atom stereocenters. The zero-order chi connectivity index (χ0) is 14.0. The van der Waals surface area contributed by atoms with E-state index in [9.17, 15) is 14.7 Å². The highest BCUT2D eigenvalue weighted by molar-refractivity contribution is 6.08. The van der Waals surface area contributed by atoms with Crippen LogP contribution >= 0.6 is 0 Å². The fraction of sp³-hybridized carbons (Fsp3) is 0.769. The summed E-state index contributed by atoms with van der Waals surface area (Å²) in [6.45, 7) is 1.74. The van der Waals surface area contributed by atoms with Crippen molar-refractivity contribution in [1.82, 2.24) is 5.01 Å². The Morgan fingerprint density at radius 1 is 1.47 bits per heavy atom. The summed E-state index contributed by atoms with van der Waals surface area (Å²) < 4.78 is 4.60. The third-order valence-electron chi connectivity index (χ3n) is 3.90. The molecule has 0 bridgehead atoms. The molecule has 1 heterocycles. The third-order valence-corrected chi connectivity index (χ3v) is 3.90. The Labute approximate surface area is 112 Å². The fourth-order valence-corrected chi connectivity index (χ4v) is 2.73. The molecule has 6 heteroatoms. The zero-order valence-corrected chi connectivity index (χ0v) is 11.3. The molecule has 0 radical (unpaired) electrons. The number of hydrazone groups is 1. The van der Waals surface area contributed by atoms with Gasteiger partial charge in [0.2, 0.25) is 0 Å². The predicted molar refractivity (Wildman–Crippen MR) is 68.3 cm³/mol. The molecule has 1 amide bonds. The molecule has 0 aromatic rings. The topological polar surface area (TPSA) is 79.2 Å². The number of aliphatic hydroxyl groups excluding tert-OH is 1. The van der Waals surface area contributed by atoms with Crippen LogP contribution in [-0.2, 0) is 14.3 Å². The lowest BCUT2D eigenvalue weighted by Gasteiger charge is -2.32. The second-order valence-electron chi connectivity index (χ2n) is 5.18. The van der Waals surface area contributed by atoms with Crippen LogP contribution in [-0.4, -0.2) is 47.0 Å². The first kappa shape index (κ1) is 14.0. The molecule has 0 spiro atoms. The molecule has 1 N–H and O–H groups in total. The molecule has 3 atom stereocenters. The van der Waals surface area contributed by atoms with Gasteiger partial charge in [-0.2, -0.15) is 5.10 Å². The van der Waals surface area contributed by atoms with Crippen molar-refractivity contribution in [3.8, 4) is 0 Å². The van der Waals surface area contributed by atoms with Crippen LogP contribution in [0.2, 0.25) is 0 Å². The number of amides is 1. The van der Waals surface area contributed by atoms with Gasteiger partial charge in [0.15, 0.2) is 0 Å². The van der Waals surface area contributed by atoms with Gasteiger partial charge in [-0.1, -0.05) is 12.8 Å². The van der Waals surface area contributed by atoms with Crippen LogP contribution < -0.4 is 0 Å². The van der Waals surface area contributed by atoms with Gasteiger partial charge in [0.25, 0.3) is 5.91 Å². The van der Waals surface area contributed by atoms with Crippen molar-refractivity contribution in [2.45, 2.75) is 51.2 Å². The molecule has 1 aliphatic carbocycles. The first-order valence-electron chi connectivity index (χ1n) is 6.67. The van der Waals surface area contributed by atoms with Crippen molar-refractivity contribution < 1.29 is 19.4 Å². The minimum atomic E-state index is -0.540. The summed E-state index contributed by atoms with van der Waals surface area (Å²) in [7, 11) is 1.30. The minimum Gasteiger partial charge on any atom is -0.469 e. The van der Waals surface area contributed by atoms with Gasteiger partial charge in [0.05, 0.1) is 31.6 Å². The Kier molecular flexibility index (Phi) is 4.19. The van der Waals surface area contributed by atoms with Crippen molar-refractivity contribution in [2.24, 2.45) is 11.0 Å². The van der Waals surface area contributed by atoms with E-state index in [0.29, 0.717) is 12.1 Å². The third kappa shape index (κ3) is 2.78. The van der Waals surface area contributed by atoms with E-state index >= 15 is 0 Å². The lowest BCUT2D eigenvalue weighted by atomic mass is 9.91. The number of rotatable bonds is 3. The number of hydrogen-bond donors (Lipinski definition) is 1. The number of esters is 1. The van der Waals surface area contributed by atoms with Crippen LogP contribution in [0.5, 0.6) is 0 Å². The minimum absolute atomic E-state index is 0.0178. The van der Waals surface area contributed by atoms with Crippen LogP contribution in [0.15, 0.2) is 5.10 Å². The zero-order valence-electron chi connectivity index (χ0n) is 11.3. The van der Waals surface area contributed by atoms with Crippen molar-refractivity contribution in [1.29, 1.82) is 0 Å². The monoisotopic (exact) mass is 268 g/mol. The normalized spacial score (nSPS) is 31.3. The average Bonchev–Trinajstić information content (AvgIpc) is 2.67. The smallest absolute Gasteiger partial charge is 0.306 e. The van der Waals surface area contributed by atoms with Crippen LogP contribution in [0.1, 0.15) is 39.0 Å². The Bertz CT molecular complexity index is 407. The van der Waals surface area contributed by atoms with E-state index in [2.05, 4.69) is 9.84 Å². The Balaban J connectivity index is 2.08. The lowest BCUT2D eigenvalue weighted by molar-refractivity contribution is -0.146. The van der Waals surface area contributed by atoms with E-state index in [1.165, 1.54) is 12.1 Å². The van der Waals surface area contributed by atoms with Crippen molar-refractivity contribution in [2.75, 3.05) is 7.11 Å². The Hall–Kier alpha value is -1.43. The number of ether oxygens (including phenoxy) is 1. The Morgan fingerprint density at radius 3 is 2.79 bits per heavy atom. The summed E-state index contributed by atoms with van der Waals surface area (Å²) in [6.07, 6.45) is 2.92. The van der Waals surface area contributed by atoms with Gasteiger partial charge < -0.3 is 9.84 Å². The average molecular weight is 268 g/mol. The van der Waals surface area contributed by atoms with Gasteiger partial charge in [-0.25, -0.2) is 5.01 Å². The molecule has 1 saturated carbocycles. The number of methoxy groups -OCH3 is 1. The maximum atomic E-state index is 12.3. The molecule has 6 nitrogen and oxygen atoms in total. The van der Waals surface area contributed by atoms with Gasteiger partial charge in [0.1, 0.15) is 0 Å². The van der Waals surface area contributed by atoms with Gasteiger partial charge in [-0.05, 0) is 19.8 Å². The summed E-state index contributed by atoms with van der Waals surface area (Å²) in [5.41, 5.74) is 0.619. The van der Waals surface area contributed by atoms with Crippen molar-refractivity contribution in [3.05, 3.63) is 0 Å². The number of nitrogens with zero attached hydrogens (tertiary/aromatic N) is 2. The molecule has 2 aliphatic rings. The van der Waals surface area contributed by atoms with Gasteiger partial charge >= 0.3 is 5.97 Å². The van der Waals surface area contributed by atoms with E-state index in [1.807, 2.05) is 0 Å². The quantitative estimate of drug-likeness (QED) is 0.764. The highest BCUT2D eigenvalue weighted by Crippen LogP contribution is 2.29. The summed E-state index contributed by atoms with van der Waals surface area (Å²) >= 11 is 0. The SMILES string of the molecule is COC(=O)CC1C(=O)N(C2CCCCC2O)N=C1C. The largest absolute Gasteiger partial charge is 0.469 e. The van der Waals surface area contributed by atoms with Crippen LogP contribution in [0.3, 0.4) is 0 Å². The summed E-state index contributed by atoms with van der Waals surface area (Å²) in [5.74, 6) is -1.16. The summed E-state index contributed by atoms with van der Waals surface area (Å²) in [4.78, 5) is 23.6. The van der Waals surface area contributed by atoms with Crippen LogP contribution in [0.4, 0.5) is 0 Å². The molecule has 0 aromatic heterocycles. The first-order chi connectivity index (χ1) is 9.04. The van der Waals surface area contributed by atoms with Crippen LogP contribution in [0.25, 0.3) is 0 Å². The molecular formula is C13H20N2O4. The van der Waals surface area contributed by atoms with E-state index in [0.717, 1.165) is 19.3 Å². The molecular weight excluding hydrogens is 248 g/mol. The number of carbonyl (C=O) groups is 2. The molecule has 2 rings (SSSR count). The fourth-order valence-electron chi connectivity index (χ4n) is 2.73. The van der Waals surface area contributed by atoms with Gasteiger partial charge in [-0.3, -0.25) is 9.59 Å². The van der Waals surface area contributed by atoms with Gasteiger partial charge in [-0.15, -0.1) is 0 Å². The standard InChI is InChI=1S/C13H20N2O4/c1-8-9(7-12(17)19-2)13(18)15(14-8)10-5-3-4-6-11(10)16/h9-11,16H,3-7H2,1-2H3. The highest BCUT2D eigenvalue weighted by atomic mass is 16.5. The van der Waals surface area contributed by atoms with Crippen molar-refractivity contribution in [3.63, 3.8) is 0 Å². The molecule has 0 saturated heterocycles. The van der Waals surface area contributed by atoms with Crippen LogP contribution in [0, 0.1) is 5.92 Å². The highest BCUT2D eigenvalue weighted by Gasteiger charge is 2.41. The molecule has 106 valence electrons. The lowest BCUT2D eigenvalue weighted by Crippen LogP contribution is -2.45. The summed E-state index contributed by atoms with van der Waals surface area (Å²) in [6, 6.07) is -0.251. The second kappa shape index (κ2) is 5.69. The number of carbonyl (C=O) groups excluding carboxylic acids is 2. The first-order valence-corrected chi connectivity index (χ1v) is 6.67. The van der Waals surface area contributed by atoms with Gasteiger partial charge in [0, 0.05) is 5.71 Å². The Morgan fingerprint density at radius 2 is 2.16 bits per heavy atom. The number of hydrogen-bond acceptors (Lipinski definition) is 5. The number of aliphatic hydroxyl groups is 1. The summed E-state index contributed by atoms with van der Waals surface area (Å²) in [5, 5.41) is 15.6. The second-order valence-corrected chi connectivity index (χ2v) is 5.18. The maximum absolute atomic E-state index is 12.3. The molecule has 19 heavy (non-hydrogen) atoms. The van der Waals surface area contributed by atoms with E-state index in [-0.39, 0.29) is 18.4 Å². The maximum Gasteiger partial charge on any atom is 0.306 e. The predicted octanol–water partition coefficient (Wildman–Crippen LogP) is 0.687. The molecule has 0 aromatic carbocycles.